The van der Waals surface area contributed by atoms with E-state index in [9.17, 15) is 13.2 Å². The van der Waals surface area contributed by atoms with Crippen molar-refractivity contribution in [1.29, 1.82) is 0 Å². The highest BCUT2D eigenvalue weighted by Crippen LogP contribution is 2.18. The van der Waals surface area contributed by atoms with Crippen molar-refractivity contribution in [3.05, 3.63) is 108 Å². The van der Waals surface area contributed by atoms with Gasteiger partial charge >= 0.3 is 5.97 Å². The van der Waals surface area contributed by atoms with E-state index in [0.717, 1.165) is 17.2 Å². The summed E-state index contributed by atoms with van der Waals surface area (Å²) in [5.41, 5.74) is 2.21. The Kier molecular flexibility index (Phi) is 8.43. The Morgan fingerprint density at radius 2 is 1.53 bits per heavy atom. The molecule has 0 heterocycles. The molecule has 0 aliphatic rings. The first-order valence-electron chi connectivity index (χ1n) is 10.4. The highest BCUT2D eigenvalue weighted by atomic mass is 32.2. The molecule has 0 N–H and O–H groups in total. The van der Waals surface area contributed by atoms with E-state index in [2.05, 4.69) is 30.3 Å². The molecule has 34 heavy (non-hydrogen) atoms. The summed E-state index contributed by atoms with van der Waals surface area (Å²) in [4.78, 5) is 11.7. The number of carbonyl (C=O) groups is 1. The molecule has 6 heteroatoms. The van der Waals surface area contributed by atoms with Crippen LogP contribution in [0.2, 0.25) is 0 Å². The van der Waals surface area contributed by atoms with E-state index in [1.54, 1.807) is 48.5 Å². The van der Waals surface area contributed by atoms with Crippen LogP contribution in [0.1, 0.15) is 16.7 Å². The molecule has 0 spiro atoms. The minimum atomic E-state index is -3.83. The van der Waals surface area contributed by atoms with Gasteiger partial charge in [-0.25, -0.2) is 13.2 Å². The Balaban J connectivity index is 1.88. The molecule has 0 bridgehead atoms. The molecule has 3 aromatic carbocycles. The molecule has 3 rings (SSSR count). The molecule has 0 saturated heterocycles. The molecular formula is C28H23NO4S. The van der Waals surface area contributed by atoms with Gasteiger partial charge in [0, 0.05) is 11.6 Å². The summed E-state index contributed by atoms with van der Waals surface area (Å²) in [5, 5.41) is 0. The number of sulfonamides is 1. The van der Waals surface area contributed by atoms with E-state index in [0.29, 0.717) is 5.56 Å². The van der Waals surface area contributed by atoms with Crippen molar-refractivity contribution >= 4 is 16.0 Å². The van der Waals surface area contributed by atoms with Gasteiger partial charge in [0.25, 0.3) is 0 Å². The van der Waals surface area contributed by atoms with Gasteiger partial charge in [0.2, 0.25) is 10.0 Å². The van der Waals surface area contributed by atoms with Crippen LogP contribution < -0.4 is 4.74 Å². The minimum Gasteiger partial charge on any atom is -0.422 e. The molecule has 0 aliphatic heterocycles. The standard InChI is InChI=1S/C28H23NO4S/c1-3-28(30)33-27-16-8-7-14-25(27)15-10-22-29(21-9-13-24-11-5-4-6-12-24)34(31,32)26-19-17-23(2)18-20-26/h3-8,11-12,14,16-20H,1,21-22H2,2H3. The van der Waals surface area contributed by atoms with Gasteiger partial charge < -0.3 is 4.74 Å². The van der Waals surface area contributed by atoms with Gasteiger partial charge in [-0.3, -0.25) is 0 Å². The number of nitrogens with zero attached hydrogens (tertiary/aromatic N) is 1. The summed E-state index contributed by atoms with van der Waals surface area (Å²) in [6.07, 6.45) is 1.06. The number of benzene rings is 3. The third-order valence-corrected chi connectivity index (χ3v) is 6.47. The molecular weight excluding hydrogens is 446 g/mol. The zero-order valence-corrected chi connectivity index (χ0v) is 19.5. The molecule has 3 aromatic rings. The topological polar surface area (TPSA) is 63.7 Å². The largest absolute Gasteiger partial charge is 0.422 e. The summed E-state index contributed by atoms with van der Waals surface area (Å²) in [6.45, 7) is 5.15. The minimum absolute atomic E-state index is 0.0348. The van der Waals surface area contributed by atoms with Gasteiger partial charge in [-0.15, -0.1) is 0 Å². The number of rotatable bonds is 6. The van der Waals surface area contributed by atoms with Crippen LogP contribution in [0, 0.1) is 30.6 Å². The number of ether oxygens (including phenoxy) is 1. The van der Waals surface area contributed by atoms with Gasteiger partial charge in [0.15, 0.2) is 0 Å². The summed E-state index contributed by atoms with van der Waals surface area (Å²) >= 11 is 0. The predicted octanol–water partition coefficient (Wildman–Crippen LogP) is 4.18. The Labute approximate surface area is 200 Å². The van der Waals surface area contributed by atoms with Crippen LogP contribution in [0.4, 0.5) is 0 Å². The second-order valence-corrected chi connectivity index (χ2v) is 9.12. The van der Waals surface area contributed by atoms with Crippen molar-refractivity contribution < 1.29 is 17.9 Å². The van der Waals surface area contributed by atoms with Crippen LogP contribution >= 0.6 is 0 Å². The van der Waals surface area contributed by atoms with Crippen LogP contribution in [-0.4, -0.2) is 31.8 Å². The third kappa shape index (κ3) is 6.70. The number of esters is 1. The highest BCUT2D eigenvalue weighted by molar-refractivity contribution is 7.89. The lowest BCUT2D eigenvalue weighted by molar-refractivity contribution is -0.128. The van der Waals surface area contributed by atoms with Crippen LogP contribution in [0.5, 0.6) is 5.75 Å². The van der Waals surface area contributed by atoms with E-state index in [1.807, 2.05) is 37.3 Å². The molecule has 0 aromatic heterocycles. The van der Waals surface area contributed by atoms with E-state index in [4.69, 9.17) is 4.74 Å². The van der Waals surface area contributed by atoms with Gasteiger partial charge in [0.1, 0.15) is 5.75 Å². The maximum absolute atomic E-state index is 13.3. The van der Waals surface area contributed by atoms with Crippen molar-refractivity contribution in [3.63, 3.8) is 0 Å². The third-order valence-electron chi connectivity index (χ3n) is 4.66. The number of hydrogen-bond acceptors (Lipinski definition) is 4. The Bertz CT molecular complexity index is 1390. The smallest absolute Gasteiger partial charge is 0.335 e. The SMILES string of the molecule is C=CC(=O)Oc1ccccc1C#CCN(CC#Cc1ccccc1)S(=O)(=O)c1ccc(C)cc1. The summed E-state index contributed by atoms with van der Waals surface area (Å²) < 4.78 is 33.0. The van der Waals surface area contributed by atoms with Gasteiger partial charge in [-0.2, -0.15) is 4.31 Å². The van der Waals surface area contributed by atoms with Crippen molar-refractivity contribution in [3.8, 4) is 29.4 Å². The fraction of sp³-hybridized carbons (Fsp3) is 0.107. The van der Waals surface area contributed by atoms with Crippen LogP contribution in [0.15, 0.2) is 96.4 Å². The first-order valence-corrected chi connectivity index (χ1v) is 11.9. The molecule has 0 fully saturated rings. The molecule has 0 aliphatic carbocycles. The zero-order chi connectivity index (χ0) is 24.4. The predicted molar refractivity (Wildman–Crippen MR) is 132 cm³/mol. The Hall–Kier alpha value is -4.10. The molecule has 0 saturated carbocycles. The summed E-state index contributed by atoms with van der Waals surface area (Å²) in [5.74, 6) is 11.4. The first kappa shape index (κ1) is 24.5. The lowest BCUT2D eigenvalue weighted by atomic mass is 10.2. The molecule has 0 radical (unpaired) electrons. The molecule has 0 amide bonds. The first-order chi connectivity index (χ1) is 16.4. The zero-order valence-electron chi connectivity index (χ0n) is 18.7. The maximum atomic E-state index is 13.3. The quantitative estimate of drug-likeness (QED) is 0.235. The average molecular weight is 470 g/mol. The second-order valence-electron chi connectivity index (χ2n) is 7.18. The van der Waals surface area contributed by atoms with Crippen molar-refractivity contribution in [2.45, 2.75) is 11.8 Å². The van der Waals surface area contributed by atoms with Gasteiger partial charge in [-0.1, -0.05) is 78.3 Å². The van der Waals surface area contributed by atoms with Crippen molar-refractivity contribution in [2.75, 3.05) is 13.1 Å². The fourth-order valence-electron chi connectivity index (χ4n) is 2.87. The van der Waals surface area contributed by atoms with E-state index >= 15 is 0 Å². The van der Waals surface area contributed by atoms with Gasteiger partial charge in [-0.05, 0) is 43.3 Å². The number of hydrogen-bond donors (Lipinski definition) is 0. The average Bonchev–Trinajstić information content (AvgIpc) is 2.85. The van der Waals surface area contributed by atoms with Crippen LogP contribution in [-0.2, 0) is 14.8 Å². The lowest BCUT2D eigenvalue weighted by Gasteiger charge is -2.17. The highest BCUT2D eigenvalue weighted by Gasteiger charge is 2.23. The van der Waals surface area contributed by atoms with Crippen molar-refractivity contribution in [2.24, 2.45) is 0 Å². The molecule has 0 atom stereocenters. The Morgan fingerprint density at radius 1 is 0.912 bits per heavy atom. The second kappa shape index (κ2) is 11.7. The molecule has 0 unspecified atom stereocenters. The number of carbonyl (C=O) groups excluding carboxylic acids is 1. The monoisotopic (exact) mass is 469 g/mol. The van der Waals surface area contributed by atoms with Crippen LogP contribution in [0.25, 0.3) is 0 Å². The number of para-hydroxylation sites is 1. The molecule has 170 valence electrons. The van der Waals surface area contributed by atoms with E-state index in [1.165, 1.54) is 4.31 Å². The lowest BCUT2D eigenvalue weighted by Crippen LogP contribution is -2.32. The summed E-state index contributed by atoms with van der Waals surface area (Å²) in [6, 6.07) is 22.7. The van der Waals surface area contributed by atoms with Crippen molar-refractivity contribution in [1.82, 2.24) is 4.31 Å². The van der Waals surface area contributed by atoms with E-state index < -0.39 is 16.0 Å². The van der Waals surface area contributed by atoms with E-state index in [-0.39, 0.29) is 23.7 Å². The number of aryl methyl sites for hydroxylation is 1. The summed E-state index contributed by atoms with van der Waals surface area (Å²) in [7, 11) is -3.83. The maximum Gasteiger partial charge on any atom is 0.335 e. The molecule has 5 nitrogen and oxygen atoms in total. The van der Waals surface area contributed by atoms with Crippen LogP contribution in [0.3, 0.4) is 0 Å². The van der Waals surface area contributed by atoms with Gasteiger partial charge in [0.05, 0.1) is 23.5 Å². The Morgan fingerprint density at radius 3 is 2.21 bits per heavy atom. The fourth-order valence-corrected chi connectivity index (χ4v) is 4.12. The normalized spacial score (nSPS) is 10.4.